The van der Waals surface area contributed by atoms with Crippen molar-refractivity contribution in [2.24, 2.45) is 0 Å². The fourth-order valence-electron chi connectivity index (χ4n) is 1.47. The molecule has 7 atom stereocenters. The third kappa shape index (κ3) is 3.38. The van der Waals surface area contributed by atoms with Crippen molar-refractivity contribution in [1.29, 1.82) is 0 Å². The Bertz CT molecular complexity index is 274. The highest BCUT2D eigenvalue weighted by molar-refractivity contribution is 7.32. The Labute approximate surface area is 96.8 Å². The summed E-state index contributed by atoms with van der Waals surface area (Å²) in [6.45, 7) is -0.761. The molecule has 6 N–H and O–H groups in total. The van der Waals surface area contributed by atoms with Gasteiger partial charge < -0.3 is 30.3 Å². The SMILES string of the molecule is O=[P+](O)O[C@H]1OC([C@H](O)CO)[C@@H](O)[C@H](O)C1O. The van der Waals surface area contributed by atoms with Crippen molar-refractivity contribution in [3.05, 3.63) is 0 Å². The van der Waals surface area contributed by atoms with E-state index in [9.17, 15) is 25.0 Å². The van der Waals surface area contributed by atoms with E-state index in [4.69, 9.17) is 14.7 Å². The quantitative estimate of drug-likeness (QED) is 0.290. The molecule has 0 amide bonds. The molecule has 0 bridgehead atoms. The van der Waals surface area contributed by atoms with Crippen LogP contribution < -0.4 is 0 Å². The first-order valence-electron chi connectivity index (χ1n) is 4.70. The van der Waals surface area contributed by atoms with Crippen molar-refractivity contribution < 1.29 is 44.3 Å². The molecule has 0 radical (unpaired) electrons. The third-order valence-electron chi connectivity index (χ3n) is 2.37. The average Bonchev–Trinajstić information content (AvgIpc) is 2.28. The number of hydrogen-bond acceptors (Lipinski definition) is 8. The van der Waals surface area contributed by atoms with E-state index in [0.29, 0.717) is 0 Å². The smallest absolute Gasteiger partial charge is 0.394 e. The molecular formula is C7H14O9P+. The van der Waals surface area contributed by atoms with Crippen LogP contribution in [0.15, 0.2) is 0 Å². The Hall–Kier alpha value is -0.220. The lowest BCUT2D eigenvalue weighted by atomic mass is 9.96. The second-order valence-electron chi connectivity index (χ2n) is 3.53. The predicted octanol–water partition coefficient (Wildman–Crippen LogP) is -3.19. The molecule has 1 fully saturated rings. The first-order chi connectivity index (χ1) is 7.88. The molecule has 17 heavy (non-hydrogen) atoms. The summed E-state index contributed by atoms with van der Waals surface area (Å²) in [4.78, 5) is 8.50. The topological polar surface area (TPSA) is 157 Å². The van der Waals surface area contributed by atoms with Crippen LogP contribution in [0.4, 0.5) is 0 Å². The van der Waals surface area contributed by atoms with Crippen LogP contribution in [0.25, 0.3) is 0 Å². The lowest BCUT2D eigenvalue weighted by Crippen LogP contribution is -2.61. The zero-order chi connectivity index (χ0) is 13.2. The molecule has 9 nitrogen and oxygen atoms in total. The molecular weight excluding hydrogens is 259 g/mol. The molecule has 10 heteroatoms. The molecule has 0 aromatic heterocycles. The normalized spacial score (nSPS) is 41.1. The summed E-state index contributed by atoms with van der Waals surface area (Å²) in [7, 11) is -3.10. The van der Waals surface area contributed by atoms with E-state index in [1.807, 2.05) is 0 Å². The van der Waals surface area contributed by atoms with Gasteiger partial charge in [-0.3, -0.25) is 0 Å². The summed E-state index contributed by atoms with van der Waals surface area (Å²) >= 11 is 0. The van der Waals surface area contributed by atoms with Gasteiger partial charge in [0, 0.05) is 4.57 Å². The van der Waals surface area contributed by atoms with E-state index in [1.54, 1.807) is 0 Å². The first kappa shape index (κ1) is 14.8. The number of hydrogen-bond donors (Lipinski definition) is 6. The molecule has 0 spiro atoms. The molecule has 1 aliphatic heterocycles. The third-order valence-corrected chi connectivity index (χ3v) is 2.76. The predicted molar refractivity (Wildman–Crippen MR) is 50.7 cm³/mol. The largest absolute Gasteiger partial charge is 0.697 e. The molecule has 0 aromatic carbocycles. The van der Waals surface area contributed by atoms with Gasteiger partial charge >= 0.3 is 8.25 Å². The molecule has 1 saturated heterocycles. The van der Waals surface area contributed by atoms with Gasteiger partial charge in [-0.05, 0) is 0 Å². The van der Waals surface area contributed by atoms with Gasteiger partial charge in [0.05, 0.1) is 6.61 Å². The van der Waals surface area contributed by atoms with Crippen LogP contribution in [0.1, 0.15) is 0 Å². The maximum Gasteiger partial charge on any atom is 0.697 e. The molecule has 100 valence electrons. The Kier molecular flexibility index (Phi) is 5.32. The summed E-state index contributed by atoms with van der Waals surface area (Å²) in [5.41, 5.74) is 0. The average molecular weight is 273 g/mol. The van der Waals surface area contributed by atoms with Gasteiger partial charge in [0.2, 0.25) is 6.29 Å². The van der Waals surface area contributed by atoms with Crippen molar-refractivity contribution in [3.63, 3.8) is 0 Å². The van der Waals surface area contributed by atoms with Crippen LogP contribution in [0, 0.1) is 0 Å². The van der Waals surface area contributed by atoms with Crippen LogP contribution in [0.5, 0.6) is 0 Å². The molecule has 1 rings (SSSR count). The zero-order valence-electron chi connectivity index (χ0n) is 8.53. The summed E-state index contributed by atoms with van der Waals surface area (Å²) in [6.07, 6.45) is -9.82. The van der Waals surface area contributed by atoms with Crippen molar-refractivity contribution in [1.82, 2.24) is 0 Å². The van der Waals surface area contributed by atoms with Gasteiger partial charge in [0.25, 0.3) is 0 Å². The van der Waals surface area contributed by atoms with Gasteiger partial charge in [0.15, 0.2) is 0 Å². The maximum atomic E-state index is 10.4. The number of aliphatic hydroxyl groups excluding tert-OH is 5. The standard InChI is InChI=1S/C7H13O9P/c8-1-2(9)6-4(11)3(10)5(12)7(15-6)16-17(13)14/h2-12H,1H2/p+1/t2-,3+,4+,5?,6?,7-/m1/s1. The van der Waals surface area contributed by atoms with Gasteiger partial charge in [0.1, 0.15) is 30.5 Å². The van der Waals surface area contributed by atoms with Crippen molar-refractivity contribution >= 4 is 8.25 Å². The number of aliphatic hydroxyl groups is 5. The Morgan fingerprint density at radius 3 is 2.29 bits per heavy atom. The maximum absolute atomic E-state index is 10.4. The van der Waals surface area contributed by atoms with Crippen molar-refractivity contribution in [2.75, 3.05) is 6.61 Å². The highest BCUT2D eigenvalue weighted by Crippen LogP contribution is 2.29. The fourth-order valence-corrected chi connectivity index (χ4v) is 1.82. The highest BCUT2D eigenvalue weighted by atomic mass is 31.1. The van der Waals surface area contributed by atoms with E-state index in [2.05, 4.69) is 4.52 Å². The summed E-state index contributed by atoms with van der Waals surface area (Å²) < 4.78 is 19.5. The number of ether oxygens (including phenoxy) is 1. The summed E-state index contributed by atoms with van der Waals surface area (Å²) in [5.74, 6) is 0. The highest BCUT2D eigenvalue weighted by Gasteiger charge is 2.49. The second-order valence-corrected chi connectivity index (χ2v) is 4.22. The Morgan fingerprint density at radius 2 is 1.82 bits per heavy atom. The van der Waals surface area contributed by atoms with Crippen LogP contribution in [-0.4, -0.2) is 73.8 Å². The van der Waals surface area contributed by atoms with Gasteiger partial charge in [-0.2, -0.15) is 0 Å². The van der Waals surface area contributed by atoms with E-state index in [1.165, 1.54) is 0 Å². The second kappa shape index (κ2) is 6.10. The minimum atomic E-state index is -3.10. The van der Waals surface area contributed by atoms with E-state index < -0.39 is 51.7 Å². The number of rotatable bonds is 4. The molecule has 1 heterocycles. The molecule has 0 aliphatic carbocycles. The molecule has 0 aromatic rings. The van der Waals surface area contributed by atoms with Crippen LogP contribution >= 0.6 is 8.25 Å². The molecule has 3 unspecified atom stereocenters. The van der Waals surface area contributed by atoms with E-state index in [0.717, 1.165) is 0 Å². The Balaban J connectivity index is 2.78. The fraction of sp³-hybridized carbons (Fsp3) is 1.00. The van der Waals surface area contributed by atoms with Crippen LogP contribution in [-0.2, 0) is 13.8 Å². The minimum absolute atomic E-state index is 0.761. The lowest BCUT2D eigenvalue weighted by molar-refractivity contribution is -0.290. The summed E-state index contributed by atoms with van der Waals surface area (Å²) in [6, 6.07) is 0. The zero-order valence-corrected chi connectivity index (χ0v) is 9.42. The van der Waals surface area contributed by atoms with Gasteiger partial charge in [-0.15, -0.1) is 4.89 Å². The van der Waals surface area contributed by atoms with E-state index in [-0.39, 0.29) is 0 Å². The molecule has 0 saturated carbocycles. The molecule has 1 aliphatic rings. The first-order valence-corrected chi connectivity index (χ1v) is 5.83. The Morgan fingerprint density at radius 1 is 1.24 bits per heavy atom. The van der Waals surface area contributed by atoms with E-state index >= 15 is 0 Å². The summed E-state index contributed by atoms with van der Waals surface area (Å²) in [5, 5.41) is 46.2. The van der Waals surface area contributed by atoms with Crippen LogP contribution in [0.2, 0.25) is 0 Å². The lowest BCUT2D eigenvalue weighted by Gasteiger charge is -2.39. The van der Waals surface area contributed by atoms with Gasteiger partial charge in [-0.25, -0.2) is 0 Å². The van der Waals surface area contributed by atoms with Crippen molar-refractivity contribution in [3.8, 4) is 0 Å². The monoisotopic (exact) mass is 273 g/mol. The van der Waals surface area contributed by atoms with Crippen molar-refractivity contribution in [2.45, 2.75) is 36.8 Å². The van der Waals surface area contributed by atoms with Gasteiger partial charge in [-0.1, -0.05) is 4.52 Å². The van der Waals surface area contributed by atoms with Crippen LogP contribution in [0.3, 0.4) is 0 Å². The minimum Gasteiger partial charge on any atom is -0.394 e.